The van der Waals surface area contributed by atoms with Crippen molar-refractivity contribution >= 4 is 29.7 Å². The van der Waals surface area contributed by atoms with Gasteiger partial charge in [-0.1, -0.05) is 36.4 Å². The molecule has 0 aliphatic carbocycles. The molecule has 2 aromatic rings. The molecule has 4 nitrogen and oxygen atoms in total. The number of amides is 1. The number of aromatic nitrogens is 1. The van der Waals surface area contributed by atoms with Crippen LogP contribution in [0.4, 0.5) is 0 Å². The Labute approximate surface area is 141 Å². The smallest absolute Gasteiger partial charge is 0.273 e. The molecule has 1 aromatic carbocycles. The van der Waals surface area contributed by atoms with Gasteiger partial charge in [-0.05, 0) is 12.0 Å². The number of thiazole rings is 1. The molecule has 0 spiro atoms. The number of halogens is 1. The van der Waals surface area contributed by atoms with Crippen molar-refractivity contribution in [3.05, 3.63) is 64.6 Å². The van der Waals surface area contributed by atoms with Gasteiger partial charge < -0.3 is 10.6 Å². The molecule has 6 heteroatoms. The maximum absolute atomic E-state index is 12.5. The zero-order valence-electron chi connectivity index (χ0n) is 12.3. The number of benzene rings is 1. The van der Waals surface area contributed by atoms with Crippen molar-refractivity contribution in [2.24, 2.45) is 5.73 Å². The maximum Gasteiger partial charge on any atom is 0.273 e. The van der Waals surface area contributed by atoms with Crippen LogP contribution in [0, 0.1) is 0 Å². The third-order valence-corrected chi connectivity index (χ3v) is 3.97. The first-order valence-corrected chi connectivity index (χ1v) is 7.71. The minimum absolute atomic E-state index is 0. The van der Waals surface area contributed by atoms with E-state index >= 15 is 0 Å². The highest BCUT2D eigenvalue weighted by molar-refractivity contribution is 7.09. The Bertz CT molecular complexity index is 600. The van der Waals surface area contributed by atoms with Crippen molar-refractivity contribution in [2.45, 2.75) is 13.0 Å². The summed E-state index contributed by atoms with van der Waals surface area (Å²) in [4.78, 5) is 18.5. The molecule has 0 radical (unpaired) electrons. The fourth-order valence-corrected chi connectivity index (χ4v) is 2.65. The SMILES string of the molecule is C=CCN(CCc1ccccc1)C(=O)c1csc(CN)n1.Cl. The molecule has 1 aromatic heterocycles. The molecule has 2 rings (SSSR count). The van der Waals surface area contributed by atoms with E-state index in [4.69, 9.17) is 5.73 Å². The summed E-state index contributed by atoms with van der Waals surface area (Å²) in [6.07, 6.45) is 2.55. The second-order valence-electron chi connectivity index (χ2n) is 4.61. The molecule has 0 unspecified atom stereocenters. The Morgan fingerprint density at radius 1 is 1.36 bits per heavy atom. The first kappa shape index (κ1) is 18.4. The van der Waals surface area contributed by atoms with E-state index in [1.165, 1.54) is 16.9 Å². The molecule has 0 aliphatic heterocycles. The van der Waals surface area contributed by atoms with Gasteiger partial charge in [0, 0.05) is 25.0 Å². The van der Waals surface area contributed by atoms with Crippen LogP contribution < -0.4 is 5.73 Å². The summed E-state index contributed by atoms with van der Waals surface area (Å²) >= 11 is 1.42. The summed E-state index contributed by atoms with van der Waals surface area (Å²) in [6.45, 7) is 5.24. The van der Waals surface area contributed by atoms with Crippen LogP contribution in [0.1, 0.15) is 21.1 Å². The Morgan fingerprint density at radius 2 is 2.09 bits per heavy atom. The van der Waals surface area contributed by atoms with Crippen LogP contribution in [0.5, 0.6) is 0 Å². The van der Waals surface area contributed by atoms with E-state index in [0.29, 0.717) is 25.3 Å². The van der Waals surface area contributed by atoms with Crippen molar-refractivity contribution in [1.82, 2.24) is 9.88 Å². The molecule has 0 fully saturated rings. The van der Waals surface area contributed by atoms with Crippen LogP contribution in [0.2, 0.25) is 0 Å². The summed E-state index contributed by atoms with van der Waals surface area (Å²) in [7, 11) is 0. The Hall–Kier alpha value is -1.69. The lowest BCUT2D eigenvalue weighted by molar-refractivity contribution is 0.0770. The summed E-state index contributed by atoms with van der Waals surface area (Å²) in [5, 5.41) is 2.54. The Kier molecular flexibility index (Phi) is 7.80. The first-order valence-electron chi connectivity index (χ1n) is 6.83. The van der Waals surface area contributed by atoms with E-state index in [1.807, 2.05) is 18.2 Å². The topological polar surface area (TPSA) is 59.2 Å². The van der Waals surface area contributed by atoms with E-state index in [-0.39, 0.29) is 18.3 Å². The Morgan fingerprint density at radius 3 is 2.68 bits per heavy atom. The molecule has 0 bridgehead atoms. The fraction of sp³-hybridized carbons (Fsp3) is 0.250. The van der Waals surface area contributed by atoms with Crippen molar-refractivity contribution in [3.8, 4) is 0 Å². The van der Waals surface area contributed by atoms with Gasteiger partial charge in [0.1, 0.15) is 10.7 Å². The molecular formula is C16H20ClN3OS. The lowest BCUT2D eigenvalue weighted by Crippen LogP contribution is -2.33. The van der Waals surface area contributed by atoms with Gasteiger partial charge in [-0.15, -0.1) is 30.3 Å². The van der Waals surface area contributed by atoms with E-state index in [1.54, 1.807) is 16.4 Å². The number of carbonyl (C=O) groups is 1. The summed E-state index contributed by atoms with van der Waals surface area (Å²) in [6, 6.07) is 10.1. The average molecular weight is 338 g/mol. The van der Waals surface area contributed by atoms with Gasteiger partial charge in [0.15, 0.2) is 0 Å². The Balaban J connectivity index is 0.00000242. The number of rotatable bonds is 7. The lowest BCUT2D eigenvalue weighted by Gasteiger charge is -2.20. The van der Waals surface area contributed by atoms with Crippen LogP contribution in [0.3, 0.4) is 0 Å². The quantitative estimate of drug-likeness (QED) is 0.790. The highest BCUT2D eigenvalue weighted by Crippen LogP contribution is 2.12. The fourth-order valence-electron chi connectivity index (χ4n) is 2.01. The van der Waals surface area contributed by atoms with Gasteiger partial charge >= 0.3 is 0 Å². The van der Waals surface area contributed by atoms with E-state index < -0.39 is 0 Å². The highest BCUT2D eigenvalue weighted by Gasteiger charge is 2.17. The van der Waals surface area contributed by atoms with E-state index in [2.05, 4.69) is 23.7 Å². The molecule has 2 N–H and O–H groups in total. The average Bonchev–Trinajstić information content (AvgIpc) is 3.01. The third kappa shape index (κ3) is 4.94. The van der Waals surface area contributed by atoms with Crippen LogP contribution in [-0.4, -0.2) is 28.9 Å². The van der Waals surface area contributed by atoms with Gasteiger partial charge in [0.05, 0.1) is 0 Å². The molecule has 0 aliphatic rings. The van der Waals surface area contributed by atoms with Crippen LogP contribution in [-0.2, 0) is 13.0 Å². The predicted molar refractivity (Wildman–Crippen MR) is 93.5 cm³/mol. The van der Waals surface area contributed by atoms with Gasteiger partial charge in [0.2, 0.25) is 0 Å². The normalized spacial score (nSPS) is 9.86. The molecule has 118 valence electrons. The summed E-state index contributed by atoms with van der Waals surface area (Å²) in [5.41, 5.74) is 7.22. The van der Waals surface area contributed by atoms with Gasteiger partial charge in [-0.25, -0.2) is 4.98 Å². The number of hydrogen-bond donors (Lipinski definition) is 1. The highest BCUT2D eigenvalue weighted by atomic mass is 35.5. The second-order valence-corrected chi connectivity index (χ2v) is 5.55. The first-order chi connectivity index (χ1) is 10.2. The second kappa shape index (κ2) is 9.35. The molecule has 1 heterocycles. The van der Waals surface area contributed by atoms with Gasteiger partial charge in [0.25, 0.3) is 5.91 Å². The minimum atomic E-state index is -0.0678. The molecular weight excluding hydrogens is 318 g/mol. The third-order valence-electron chi connectivity index (χ3n) is 3.10. The van der Waals surface area contributed by atoms with Crippen LogP contribution >= 0.6 is 23.7 Å². The summed E-state index contributed by atoms with van der Waals surface area (Å²) < 4.78 is 0. The maximum atomic E-state index is 12.5. The number of hydrogen-bond acceptors (Lipinski definition) is 4. The molecule has 0 atom stereocenters. The van der Waals surface area contributed by atoms with Crippen LogP contribution in [0.15, 0.2) is 48.4 Å². The van der Waals surface area contributed by atoms with Gasteiger partial charge in [-0.3, -0.25) is 4.79 Å². The van der Waals surface area contributed by atoms with Crippen molar-refractivity contribution in [3.63, 3.8) is 0 Å². The number of carbonyl (C=O) groups excluding carboxylic acids is 1. The minimum Gasteiger partial charge on any atom is -0.333 e. The monoisotopic (exact) mass is 337 g/mol. The van der Waals surface area contributed by atoms with E-state index in [0.717, 1.165) is 11.4 Å². The summed E-state index contributed by atoms with van der Waals surface area (Å²) in [5.74, 6) is -0.0678. The molecule has 1 amide bonds. The number of nitrogens with zero attached hydrogens (tertiary/aromatic N) is 2. The van der Waals surface area contributed by atoms with E-state index in [9.17, 15) is 4.79 Å². The van der Waals surface area contributed by atoms with Crippen molar-refractivity contribution < 1.29 is 4.79 Å². The largest absolute Gasteiger partial charge is 0.333 e. The molecule has 0 saturated carbocycles. The lowest BCUT2D eigenvalue weighted by atomic mass is 10.1. The number of nitrogens with two attached hydrogens (primary N) is 1. The standard InChI is InChI=1S/C16H19N3OS.ClH/c1-2-9-19(10-8-13-6-4-3-5-7-13)16(20)14-12-21-15(11-17)18-14;/h2-7,12H,1,8-11,17H2;1H. The predicted octanol–water partition coefficient (Wildman–Crippen LogP) is 2.89. The van der Waals surface area contributed by atoms with Crippen LogP contribution in [0.25, 0.3) is 0 Å². The molecule has 22 heavy (non-hydrogen) atoms. The zero-order chi connectivity index (χ0) is 15.1. The van der Waals surface area contributed by atoms with Gasteiger partial charge in [-0.2, -0.15) is 0 Å². The van der Waals surface area contributed by atoms with Crippen molar-refractivity contribution in [1.29, 1.82) is 0 Å². The van der Waals surface area contributed by atoms with Crippen molar-refractivity contribution in [2.75, 3.05) is 13.1 Å². The molecule has 0 saturated heterocycles. The zero-order valence-corrected chi connectivity index (χ0v) is 13.9.